The van der Waals surface area contributed by atoms with Gasteiger partial charge in [-0.25, -0.2) is 13.2 Å². The normalized spacial score (nSPS) is 11.1. The van der Waals surface area contributed by atoms with Crippen LogP contribution in [0.25, 0.3) is 10.9 Å². The van der Waals surface area contributed by atoms with Gasteiger partial charge in [0.15, 0.2) is 17.5 Å². The third-order valence-electron chi connectivity index (χ3n) is 1.89. The average molecular weight is 185 g/mol. The van der Waals surface area contributed by atoms with E-state index in [0.717, 1.165) is 6.07 Å². The van der Waals surface area contributed by atoms with Crippen molar-refractivity contribution in [2.75, 3.05) is 0 Å². The molecule has 0 saturated carbocycles. The first-order valence-electron chi connectivity index (χ1n) is 3.72. The standard InChI is InChI=1S/C9H6F3N/c1-4-2-5-3-6(10)7(11)8(12)9(5)13-4/h2-3,13H,1H3. The Hall–Kier alpha value is -1.45. The first-order chi connectivity index (χ1) is 6.09. The molecule has 13 heavy (non-hydrogen) atoms. The van der Waals surface area contributed by atoms with Crippen LogP contribution in [0.2, 0.25) is 0 Å². The van der Waals surface area contributed by atoms with Gasteiger partial charge in [-0.05, 0) is 19.1 Å². The molecular formula is C9H6F3N. The van der Waals surface area contributed by atoms with Gasteiger partial charge in [0.2, 0.25) is 0 Å². The number of aromatic amines is 1. The minimum absolute atomic E-state index is 0.0106. The van der Waals surface area contributed by atoms with Crippen LogP contribution in [0.15, 0.2) is 12.1 Å². The lowest BCUT2D eigenvalue weighted by Crippen LogP contribution is -1.90. The maximum absolute atomic E-state index is 13.0. The quantitative estimate of drug-likeness (QED) is 0.607. The molecule has 1 aromatic heterocycles. The van der Waals surface area contributed by atoms with Crippen LogP contribution in [0.1, 0.15) is 5.69 Å². The average Bonchev–Trinajstić information content (AvgIpc) is 2.42. The maximum atomic E-state index is 13.0. The molecular weight excluding hydrogens is 179 g/mol. The number of nitrogens with one attached hydrogen (secondary N) is 1. The van der Waals surface area contributed by atoms with Crippen molar-refractivity contribution < 1.29 is 13.2 Å². The Balaban J connectivity index is 2.92. The molecule has 0 atom stereocenters. The summed E-state index contributed by atoms with van der Waals surface area (Å²) in [7, 11) is 0. The van der Waals surface area contributed by atoms with Crippen molar-refractivity contribution in [3.63, 3.8) is 0 Å². The van der Waals surface area contributed by atoms with Crippen LogP contribution in [0, 0.1) is 24.4 Å². The molecule has 1 N–H and O–H groups in total. The number of benzene rings is 1. The van der Waals surface area contributed by atoms with Crippen LogP contribution in [0.3, 0.4) is 0 Å². The first-order valence-corrected chi connectivity index (χ1v) is 3.72. The van der Waals surface area contributed by atoms with E-state index in [-0.39, 0.29) is 5.52 Å². The van der Waals surface area contributed by atoms with E-state index in [9.17, 15) is 13.2 Å². The van der Waals surface area contributed by atoms with Crippen molar-refractivity contribution in [3.05, 3.63) is 35.3 Å². The van der Waals surface area contributed by atoms with Gasteiger partial charge in [0.1, 0.15) is 0 Å². The molecule has 2 rings (SSSR count). The van der Waals surface area contributed by atoms with Crippen LogP contribution in [-0.4, -0.2) is 4.98 Å². The lowest BCUT2D eigenvalue weighted by molar-refractivity contribution is 0.453. The molecule has 1 heterocycles. The fourth-order valence-electron chi connectivity index (χ4n) is 1.32. The molecule has 1 aromatic carbocycles. The number of aromatic nitrogens is 1. The van der Waals surface area contributed by atoms with Gasteiger partial charge in [-0.2, -0.15) is 0 Å². The molecule has 0 bridgehead atoms. The minimum Gasteiger partial charge on any atom is -0.356 e. The molecule has 0 aliphatic rings. The Morgan fingerprint density at radius 1 is 1.08 bits per heavy atom. The van der Waals surface area contributed by atoms with Crippen LogP contribution in [0.4, 0.5) is 13.2 Å². The van der Waals surface area contributed by atoms with E-state index >= 15 is 0 Å². The summed E-state index contributed by atoms with van der Waals surface area (Å²) < 4.78 is 38.4. The molecule has 2 aromatic rings. The zero-order chi connectivity index (χ0) is 9.59. The molecule has 0 amide bonds. The van der Waals surface area contributed by atoms with Gasteiger partial charge in [0, 0.05) is 11.1 Å². The molecule has 0 saturated heterocycles. The van der Waals surface area contributed by atoms with E-state index in [1.165, 1.54) is 0 Å². The molecule has 0 unspecified atom stereocenters. The summed E-state index contributed by atoms with van der Waals surface area (Å²) in [6.07, 6.45) is 0. The highest BCUT2D eigenvalue weighted by Gasteiger charge is 2.14. The Morgan fingerprint density at radius 2 is 1.77 bits per heavy atom. The Kier molecular flexibility index (Phi) is 1.58. The van der Waals surface area contributed by atoms with Gasteiger partial charge in [-0.1, -0.05) is 0 Å². The molecule has 0 aliphatic heterocycles. The van der Waals surface area contributed by atoms with E-state index in [4.69, 9.17) is 0 Å². The number of fused-ring (bicyclic) bond motifs is 1. The summed E-state index contributed by atoms with van der Waals surface area (Å²) in [5, 5.41) is 0.342. The summed E-state index contributed by atoms with van der Waals surface area (Å²) in [5.74, 6) is -3.76. The van der Waals surface area contributed by atoms with Gasteiger partial charge in [0.25, 0.3) is 0 Å². The van der Waals surface area contributed by atoms with Crippen LogP contribution in [0.5, 0.6) is 0 Å². The number of rotatable bonds is 0. The van der Waals surface area contributed by atoms with Gasteiger partial charge in [-0.15, -0.1) is 0 Å². The number of hydrogen-bond donors (Lipinski definition) is 1. The highest BCUT2D eigenvalue weighted by Crippen LogP contribution is 2.22. The van der Waals surface area contributed by atoms with Crippen molar-refractivity contribution in [1.82, 2.24) is 4.98 Å². The topological polar surface area (TPSA) is 15.8 Å². The molecule has 0 radical (unpaired) electrons. The zero-order valence-electron chi connectivity index (χ0n) is 6.79. The van der Waals surface area contributed by atoms with Gasteiger partial charge >= 0.3 is 0 Å². The lowest BCUT2D eigenvalue weighted by Gasteiger charge is -1.95. The monoisotopic (exact) mass is 185 g/mol. The van der Waals surface area contributed by atoms with Crippen molar-refractivity contribution in [2.24, 2.45) is 0 Å². The predicted molar refractivity (Wildman–Crippen MR) is 42.9 cm³/mol. The zero-order valence-corrected chi connectivity index (χ0v) is 6.79. The second kappa shape index (κ2) is 2.52. The van der Waals surface area contributed by atoms with Crippen molar-refractivity contribution >= 4 is 10.9 Å². The molecule has 0 aliphatic carbocycles. The molecule has 4 heteroatoms. The van der Waals surface area contributed by atoms with E-state index in [1.54, 1.807) is 13.0 Å². The third-order valence-corrected chi connectivity index (χ3v) is 1.89. The Morgan fingerprint density at radius 3 is 2.46 bits per heavy atom. The van der Waals surface area contributed by atoms with Crippen LogP contribution >= 0.6 is 0 Å². The summed E-state index contributed by atoms with van der Waals surface area (Å²) >= 11 is 0. The minimum atomic E-state index is -1.44. The third kappa shape index (κ3) is 1.09. The second-order valence-electron chi connectivity index (χ2n) is 2.90. The Labute approximate surface area is 72.2 Å². The fraction of sp³-hybridized carbons (Fsp3) is 0.111. The summed E-state index contributed by atoms with van der Waals surface area (Å²) in [6, 6.07) is 2.53. The molecule has 0 spiro atoms. The summed E-state index contributed by atoms with van der Waals surface area (Å²) in [5.41, 5.74) is 0.676. The van der Waals surface area contributed by atoms with E-state index < -0.39 is 17.5 Å². The highest BCUT2D eigenvalue weighted by molar-refractivity contribution is 5.81. The summed E-state index contributed by atoms with van der Waals surface area (Å²) in [4.78, 5) is 2.61. The van der Waals surface area contributed by atoms with Crippen molar-refractivity contribution in [1.29, 1.82) is 0 Å². The van der Waals surface area contributed by atoms with E-state index in [1.807, 2.05) is 0 Å². The number of H-pyrrole nitrogens is 1. The molecule has 68 valence electrons. The predicted octanol–water partition coefficient (Wildman–Crippen LogP) is 2.89. The second-order valence-corrected chi connectivity index (χ2v) is 2.90. The van der Waals surface area contributed by atoms with Crippen molar-refractivity contribution in [3.8, 4) is 0 Å². The number of aryl methyl sites for hydroxylation is 1. The highest BCUT2D eigenvalue weighted by atomic mass is 19.2. The number of hydrogen-bond acceptors (Lipinski definition) is 0. The Bertz CT molecular complexity index is 473. The van der Waals surface area contributed by atoms with Gasteiger partial charge in [0.05, 0.1) is 5.52 Å². The van der Waals surface area contributed by atoms with E-state index in [2.05, 4.69) is 4.98 Å². The maximum Gasteiger partial charge on any atom is 0.196 e. The molecule has 1 nitrogen and oxygen atoms in total. The first kappa shape index (κ1) is 8.16. The van der Waals surface area contributed by atoms with Gasteiger partial charge in [-0.3, -0.25) is 0 Å². The molecule has 0 fully saturated rings. The largest absolute Gasteiger partial charge is 0.356 e. The van der Waals surface area contributed by atoms with Crippen LogP contribution < -0.4 is 0 Å². The van der Waals surface area contributed by atoms with E-state index in [0.29, 0.717) is 11.1 Å². The SMILES string of the molecule is Cc1cc2cc(F)c(F)c(F)c2[nH]1. The van der Waals surface area contributed by atoms with Gasteiger partial charge < -0.3 is 4.98 Å². The fourth-order valence-corrected chi connectivity index (χ4v) is 1.32. The lowest BCUT2D eigenvalue weighted by atomic mass is 10.2. The van der Waals surface area contributed by atoms with Crippen LogP contribution in [-0.2, 0) is 0 Å². The van der Waals surface area contributed by atoms with Crippen molar-refractivity contribution in [2.45, 2.75) is 6.92 Å². The smallest absolute Gasteiger partial charge is 0.196 e. The summed E-state index contributed by atoms with van der Waals surface area (Å²) in [6.45, 7) is 1.69. The number of halogens is 3.